The molecule has 6 nitrogen and oxygen atoms in total. The Bertz CT molecular complexity index is 808. The number of hydrogen-bond acceptors (Lipinski definition) is 5. The lowest BCUT2D eigenvalue weighted by Crippen LogP contribution is -2.54. The van der Waals surface area contributed by atoms with Crippen molar-refractivity contribution in [1.82, 2.24) is 25.0 Å². The van der Waals surface area contributed by atoms with Crippen LogP contribution in [0.2, 0.25) is 0 Å². The summed E-state index contributed by atoms with van der Waals surface area (Å²) in [5.74, 6) is 1.58. The van der Waals surface area contributed by atoms with E-state index in [0.29, 0.717) is 24.3 Å². The van der Waals surface area contributed by atoms with E-state index in [0.717, 1.165) is 29.7 Å². The number of carbonyl (C=O) groups excluding carboxylic acids is 1. The first-order valence-corrected chi connectivity index (χ1v) is 10.9. The number of carbonyl (C=O) groups is 1. The minimum absolute atomic E-state index is 0.0293. The van der Waals surface area contributed by atoms with Gasteiger partial charge in [0, 0.05) is 31.6 Å². The third kappa shape index (κ3) is 5.06. The summed E-state index contributed by atoms with van der Waals surface area (Å²) < 4.78 is 2.45. The quantitative estimate of drug-likeness (QED) is 0.687. The van der Waals surface area contributed by atoms with Gasteiger partial charge in [-0.1, -0.05) is 13.0 Å². The Hall–Kier alpha value is -1.51. The van der Waals surface area contributed by atoms with Gasteiger partial charge in [0.2, 0.25) is 5.91 Å². The van der Waals surface area contributed by atoms with Crippen molar-refractivity contribution in [1.29, 1.82) is 0 Å². The molecule has 1 aliphatic heterocycles. The third-order valence-corrected chi connectivity index (χ3v) is 6.47. The highest BCUT2D eigenvalue weighted by molar-refractivity contribution is 7.71. The number of H-pyrrole nitrogens is 1. The molecule has 0 aliphatic carbocycles. The molecule has 1 amide bonds. The van der Waals surface area contributed by atoms with E-state index in [2.05, 4.69) is 41.2 Å². The molecule has 1 fully saturated rings. The van der Waals surface area contributed by atoms with Crippen LogP contribution in [0.3, 0.4) is 0 Å². The van der Waals surface area contributed by atoms with Crippen LogP contribution in [0.1, 0.15) is 40.0 Å². The van der Waals surface area contributed by atoms with Crippen molar-refractivity contribution >= 4 is 29.5 Å². The van der Waals surface area contributed by atoms with Gasteiger partial charge in [-0.3, -0.25) is 19.4 Å². The van der Waals surface area contributed by atoms with Crippen molar-refractivity contribution < 1.29 is 4.79 Å². The summed E-state index contributed by atoms with van der Waals surface area (Å²) in [5.41, 5.74) is -0.0293. The molecule has 27 heavy (non-hydrogen) atoms. The van der Waals surface area contributed by atoms with Gasteiger partial charge in [-0.25, -0.2) is 0 Å². The average molecular weight is 408 g/mol. The highest BCUT2D eigenvalue weighted by Crippen LogP contribution is 2.24. The first-order valence-electron chi connectivity index (χ1n) is 9.57. The van der Waals surface area contributed by atoms with Gasteiger partial charge in [0.15, 0.2) is 10.6 Å². The summed E-state index contributed by atoms with van der Waals surface area (Å²) in [5, 5.41) is 12.3. The van der Waals surface area contributed by atoms with Crippen LogP contribution in [-0.2, 0) is 11.3 Å². The number of likely N-dealkylation sites (tertiary alicyclic amines) is 1. The second kappa shape index (κ2) is 8.67. The Balaban J connectivity index is 1.53. The van der Waals surface area contributed by atoms with Crippen LogP contribution in [0, 0.1) is 10.7 Å². The fraction of sp³-hybridized carbons (Fsp3) is 0.632. The Labute approximate surface area is 170 Å². The molecule has 148 valence electrons. The summed E-state index contributed by atoms with van der Waals surface area (Å²) in [6.45, 7) is 10.1. The number of rotatable bonds is 7. The molecule has 0 spiro atoms. The zero-order valence-corrected chi connectivity index (χ0v) is 18.0. The molecule has 0 aromatic carbocycles. The van der Waals surface area contributed by atoms with Crippen LogP contribution in [-0.4, -0.2) is 50.7 Å². The van der Waals surface area contributed by atoms with Crippen LogP contribution in [0.4, 0.5) is 0 Å². The molecular weight excluding hydrogens is 378 g/mol. The van der Waals surface area contributed by atoms with E-state index in [1.54, 1.807) is 11.3 Å². The summed E-state index contributed by atoms with van der Waals surface area (Å²) in [6.07, 6.45) is 2.93. The van der Waals surface area contributed by atoms with Crippen molar-refractivity contribution in [2.75, 3.05) is 19.6 Å². The van der Waals surface area contributed by atoms with Gasteiger partial charge in [-0.05, 0) is 62.8 Å². The molecule has 8 heteroatoms. The van der Waals surface area contributed by atoms with Crippen molar-refractivity contribution in [2.45, 2.75) is 52.1 Å². The maximum Gasteiger partial charge on any atom is 0.221 e. The molecule has 1 atom stereocenters. The molecule has 1 saturated heterocycles. The van der Waals surface area contributed by atoms with Gasteiger partial charge in [0.1, 0.15) is 0 Å². The average Bonchev–Trinajstić information content (AvgIpc) is 3.28. The zero-order valence-electron chi connectivity index (χ0n) is 16.3. The fourth-order valence-corrected chi connectivity index (χ4v) is 4.53. The molecule has 3 heterocycles. The van der Waals surface area contributed by atoms with E-state index in [1.807, 2.05) is 22.1 Å². The van der Waals surface area contributed by atoms with E-state index in [9.17, 15) is 4.79 Å². The molecule has 0 radical (unpaired) electrons. The fourth-order valence-electron chi connectivity index (χ4n) is 3.59. The number of piperidine rings is 1. The van der Waals surface area contributed by atoms with Gasteiger partial charge in [-0.2, -0.15) is 5.10 Å². The Morgan fingerprint density at radius 2 is 2.33 bits per heavy atom. The molecule has 2 aromatic heterocycles. The third-order valence-electron chi connectivity index (χ3n) is 5.29. The zero-order chi connectivity index (χ0) is 19.4. The number of nitrogens with one attached hydrogen (secondary N) is 2. The molecule has 1 unspecified atom stereocenters. The van der Waals surface area contributed by atoms with Crippen molar-refractivity contribution in [2.24, 2.45) is 5.92 Å². The Morgan fingerprint density at radius 3 is 3.04 bits per heavy atom. The smallest absolute Gasteiger partial charge is 0.221 e. The Kier molecular flexibility index (Phi) is 6.49. The van der Waals surface area contributed by atoms with E-state index < -0.39 is 0 Å². The number of nitrogens with zero attached hydrogens (tertiary/aromatic N) is 3. The largest absolute Gasteiger partial charge is 0.354 e. The van der Waals surface area contributed by atoms with Crippen molar-refractivity contribution in [3.05, 3.63) is 22.3 Å². The first kappa shape index (κ1) is 20.2. The second-order valence-electron chi connectivity index (χ2n) is 8.01. The molecule has 2 N–H and O–H groups in total. The number of thiophene rings is 1. The minimum Gasteiger partial charge on any atom is -0.354 e. The van der Waals surface area contributed by atoms with E-state index >= 15 is 0 Å². The topological polar surface area (TPSA) is 66.0 Å². The summed E-state index contributed by atoms with van der Waals surface area (Å²) in [6, 6.07) is 3.99. The highest BCUT2D eigenvalue weighted by atomic mass is 32.1. The molecular formula is C19H29N5OS2. The second-order valence-corrected chi connectivity index (χ2v) is 9.35. The number of hydrogen-bond donors (Lipinski definition) is 2. The molecule has 0 saturated carbocycles. The summed E-state index contributed by atoms with van der Waals surface area (Å²) in [7, 11) is 0. The predicted molar refractivity (Wildman–Crippen MR) is 112 cm³/mol. The van der Waals surface area contributed by atoms with Gasteiger partial charge >= 0.3 is 0 Å². The van der Waals surface area contributed by atoms with E-state index in [-0.39, 0.29) is 11.4 Å². The minimum atomic E-state index is -0.0293. The summed E-state index contributed by atoms with van der Waals surface area (Å²) >= 11 is 6.94. The number of aromatic amines is 1. The maximum absolute atomic E-state index is 12.4. The predicted octanol–water partition coefficient (Wildman–Crippen LogP) is 3.69. The van der Waals surface area contributed by atoms with E-state index in [1.165, 1.54) is 12.8 Å². The lowest BCUT2D eigenvalue weighted by atomic mass is 9.93. The van der Waals surface area contributed by atoms with Crippen LogP contribution in [0.25, 0.3) is 10.7 Å². The van der Waals surface area contributed by atoms with Gasteiger partial charge in [0.05, 0.1) is 4.88 Å². The van der Waals surface area contributed by atoms with Crippen LogP contribution < -0.4 is 5.32 Å². The van der Waals surface area contributed by atoms with Crippen LogP contribution in [0.15, 0.2) is 17.5 Å². The maximum atomic E-state index is 12.4. The van der Waals surface area contributed by atoms with Crippen LogP contribution >= 0.6 is 23.6 Å². The summed E-state index contributed by atoms with van der Waals surface area (Å²) in [4.78, 5) is 16.0. The number of amides is 1. The lowest BCUT2D eigenvalue weighted by molar-refractivity contribution is -0.122. The highest BCUT2D eigenvalue weighted by Gasteiger charge is 2.30. The monoisotopic (exact) mass is 407 g/mol. The molecule has 3 rings (SSSR count). The van der Waals surface area contributed by atoms with Gasteiger partial charge in [-0.15, -0.1) is 11.3 Å². The SMILES string of the molecule is CC1CCCN(C(C)(C)CNC(=O)CCn2c(-c3cccs3)n[nH]c2=S)C1. The van der Waals surface area contributed by atoms with Crippen molar-refractivity contribution in [3.63, 3.8) is 0 Å². The molecule has 0 bridgehead atoms. The van der Waals surface area contributed by atoms with E-state index in [4.69, 9.17) is 12.2 Å². The Morgan fingerprint density at radius 1 is 1.52 bits per heavy atom. The van der Waals surface area contributed by atoms with Crippen LogP contribution in [0.5, 0.6) is 0 Å². The van der Waals surface area contributed by atoms with Gasteiger partial charge in [0.25, 0.3) is 0 Å². The normalized spacial score (nSPS) is 18.6. The molecule has 1 aliphatic rings. The van der Waals surface area contributed by atoms with Gasteiger partial charge < -0.3 is 5.32 Å². The number of aromatic nitrogens is 3. The lowest BCUT2D eigenvalue weighted by Gasteiger charge is -2.43. The molecule has 2 aromatic rings. The van der Waals surface area contributed by atoms with Crippen molar-refractivity contribution in [3.8, 4) is 10.7 Å². The standard InChI is InChI=1S/C19H29N5OS2/c1-14-6-4-9-23(12-14)19(2,3)13-20-16(25)8-10-24-17(21-22-18(24)26)15-7-5-11-27-15/h5,7,11,14H,4,6,8-10,12-13H2,1-3H3,(H,20,25)(H,22,26). The first-order chi connectivity index (χ1) is 12.9.